The third kappa shape index (κ3) is 3.28. The highest BCUT2D eigenvalue weighted by atomic mass is 16.5. The van der Waals surface area contributed by atoms with Crippen LogP contribution < -0.4 is 9.64 Å². The molecule has 1 aliphatic heterocycles. The molecule has 2 fully saturated rings. The number of rotatable bonds is 4. The summed E-state index contributed by atoms with van der Waals surface area (Å²) in [6.07, 6.45) is 4.84. The van der Waals surface area contributed by atoms with Crippen molar-refractivity contribution in [1.82, 2.24) is 4.98 Å². The predicted octanol–water partition coefficient (Wildman–Crippen LogP) is 2.40. The van der Waals surface area contributed by atoms with Crippen LogP contribution in [0.15, 0.2) is 18.2 Å². The van der Waals surface area contributed by atoms with Gasteiger partial charge in [0, 0.05) is 19.2 Å². The van der Waals surface area contributed by atoms with Gasteiger partial charge >= 0.3 is 5.97 Å². The number of nitrogens with zero attached hydrogens (tertiary/aromatic N) is 2. The van der Waals surface area contributed by atoms with Crippen molar-refractivity contribution in [2.24, 2.45) is 5.92 Å². The lowest BCUT2D eigenvalue weighted by Crippen LogP contribution is -2.37. The minimum absolute atomic E-state index is 0.0373. The normalized spacial score (nSPS) is 25.1. The zero-order valence-electron chi connectivity index (χ0n) is 12.5. The largest absolute Gasteiger partial charge is 0.474 e. The number of pyridine rings is 1. The van der Waals surface area contributed by atoms with Crippen molar-refractivity contribution in [2.75, 3.05) is 25.1 Å². The average molecular weight is 290 g/mol. The van der Waals surface area contributed by atoms with Crippen molar-refractivity contribution in [3.8, 4) is 5.88 Å². The lowest BCUT2D eigenvalue weighted by molar-refractivity contribution is -0.147. The molecule has 114 valence electrons. The lowest BCUT2D eigenvalue weighted by Gasteiger charge is -2.32. The Morgan fingerprint density at radius 2 is 2.00 bits per heavy atom. The van der Waals surface area contributed by atoms with Crippen molar-refractivity contribution < 1.29 is 14.3 Å². The van der Waals surface area contributed by atoms with Gasteiger partial charge in [0.2, 0.25) is 5.88 Å². The number of hydrogen-bond acceptors (Lipinski definition) is 5. The van der Waals surface area contributed by atoms with E-state index >= 15 is 0 Å². The van der Waals surface area contributed by atoms with Gasteiger partial charge in [-0.1, -0.05) is 6.07 Å². The second-order valence-electron chi connectivity index (χ2n) is 5.79. The van der Waals surface area contributed by atoms with Gasteiger partial charge in [-0.05, 0) is 38.2 Å². The van der Waals surface area contributed by atoms with Gasteiger partial charge in [-0.2, -0.15) is 4.98 Å². The van der Waals surface area contributed by atoms with Crippen LogP contribution in [0.1, 0.15) is 32.1 Å². The van der Waals surface area contributed by atoms with Crippen molar-refractivity contribution in [1.29, 1.82) is 0 Å². The van der Waals surface area contributed by atoms with Crippen molar-refractivity contribution >= 4 is 11.8 Å². The molecule has 1 aromatic rings. The highest BCUT2D eigenvalue weighted by molar-refractivity contribution is 5.72. The summed E-state index contributed by atoms with van der Waals surface area (Å²) >= 11 is 0. The second-order valence-corrected chi connectivity index (χ2v) is 5.79. The summed E-state index contributed by atoms with van der Waals surface area (Å²) in [5, 5.41) is 0. The maximum absolute atomic E-state index is 11.5. The molecule has 0 unspecified atom stereocenters. The van der Waals surface area contributed by atoms with Gasteiger partial charge < -0.3 is 14.4 Å². The van der Waals surface area contributed by atoms with Crippen LogP contribution in [0.3, 0.4) is 0 Å². The van der Waals surface area contributed by atoms with E-state index in [0.717, 1.165) is 44.6 Å². The van der Waals surface area contributed by atoms with Crippen LogP contribution in [0, 0.1) is 5.92 Å². The molecule has 2 aliphatic rings. The Hall–Kier alpha value is -1.78. The monoisotopic (exact) mass is 290 g/mol. The first-order valence-corrected chi connectivity index (χ1v) is 7.73. The van der Waals surface area contributed by atoms with Crippen molar-refractivity contribution in [2.45, 2.75) is 38.2 Å². The molecule has 1 saturated carbocycles. The Kier molecular flexibility index (Phi) is 4.27. The molecule has 1 aromatic heterocycles. The number of carbonyl (C=O) groups is 1. The summed E-state index contributed by atoms with van der Waals surface area (Å²) in [7, 11) is 1.45. The maximum Gasteiger partial charge on any atom is 0.308 e. The third-order valence-electron chi connectivity index (χ3n) is 4.39. The molecule has 0 aromatic carbocycles. The van der Waals surface area contributed by atoms with Gasteiger partial charge in [0.15, 0.2) is 0 Å². The van der Waals surface area contributed by atoms with E-state index in [9.17, 15) is 4.79 Å². The summed E-state index contributed by atoms with van der Waals surface area (Å²) in [5.74, 6) is 1.64. The summed E-state index contributed by atoms with van der Waals surface area (Å²) < 4.78 is 10.8. The van der Waals surface area contributed by atoms with E-state index in [0.29, 0.717) is 5.88 Å². The number of esters is 1. The molecular weight excluding hydrogens is 268 g/mol. The zero-order chi connectivity index (χ0) is 14.7. The minimum atomic E-state index is -0.0913. The number of methoxy groups -OCH3 is 1. The fourth-order valence-electron chi connectivity index (χ4n) is 2.94. The molecule has 0 amide bonds. The fourth-order valence-corrected chi connectivity index (χ4v) is 2.94. The predicted molar refractivity (Wildman–Crippen MR) is 79.5 cm³/mol. The van der Waals surface area contributed by atoms with Gasteiger partial charge in [0.05, 0.1) is 13.0 Å². The molecule has 5 nitrogen and oxygen atoms in total. The third-order valence-corrected chi connectivity index (χ3v) is 4.39. The Bertz CT molecular complexity index is 494. The highest BCUT2D eigenvalue weighted by Gasteiger charge is 2.28. The molecule has 0 N–H and O–H groups in total. The van der Waals surface area contributed by atoms with Gasteiger partial charge in [0.1, 0.15) is 11.9 Å². The van der Waals surface area contributed by atoms with Crippen LogP contribution in [-0.2, 0) is 9.53 Å². The molecule has 5 heteroatoms. The molecular formula is C16H22N2O3. The molecule has 0 spiro atoms. The first-order chi connectivity index (χ1) is 10.3. The number of hydrogen-bond donors (Lipinski definition) is 0. The Labute approximate surface area is 125 Å². The number of ether oxygens (including phenoxy) is 2. The summed E-state index contributed by atoms with van der Waals surface area (Å²) in [6, 6.07) is 5.94. The van der Waals surface area contributed by atoms with E-state index in [-0.39, 0.29) is 18.0 Å². The van der Waals surface area contributed by atoms with Crippen LogP contribution >= 0.6 is 0 Å². The highest BCUT2D eigenvalue weighted by Crippen LogP contribution is 2.29. The number of carbonyl (C=O) groups excluding carboxylic acids is 1. The first-order valence-electron chi connectivity index (χ1n) is 7.73. The Balaban J connectivity index is 1.54. The van der Waals surface area contributed by atoms with Gasteiger partial charge in [-0.25, -0.2) is 0 Å². The van der Waals surface area contributed by atoms with Crippen molar-refractivity contribution in [3.63, 3.8) is 0 Å². The standard InChI is InChI=1S/C16H22N2O3/c1-20-16(19)12-6-8-13(9-7-12)21-15-5-2-4-14(17-15)18-10-3-11-18/h2,4-5,12-13H,3,6-11H2,1H3/t12-,13-. The van der Waals surface area contributed by atoms with E-state index in [1.807, 2.05) is 18.2 Å². The molecule has 0 radical (unpaired) electrons. The SMILES string of the molecule is COC(=O)[C@H]1CC[C@H](Oc2cccc(N3CCC3)n2)CC1. The average Bonchev–Trinajstić information content (AvgIpc) is 2.46. The smallest absolute Gasteiger partial charge is 0.308 e. The summed E-state index contributed by atoms with van der Waals surface area (Å²) in [4.78, 5) is 18.3. The van der Waals surface area contributed by atoms with Crippen molar-refractivity contribution in [3.05, 3.63) is 18.2 Å². The topological polar surface area (TPSA) is 51.7 Å². The zero-order valence-corrected chi connectivity index (χ0v) is 12.5. The van der Waals surface area contributed by atoms with E-state index in [4.69, 9.17) is 9.47 Å². The minimum Gasteiger partial charge on any atom is -0.474 e. The molecule has 0 bridgehead atoms. The lowest BCUT2D eigenvalue weighted by atomic mass is 9.87. The molecule has 21 heavy (non-hydrogen) atoms. The van der Waals surface area contributed by atoms with E-state index < -0.39 is 0 Å². The Morgan fingerprint density at radius 3 is 2.62 bits per heavy atom. The van der Waals surface area contributed by atoms with Gasteiger partial charge in [-0.15, -0.1) is 0 Å². The molecule has 1 aliphatic carbocycles. The van der Waals surface area contributed by atoms with Crippen LogP contribution in [0.2, 0.25) is 0 Å². The first kappa shape index (κ1) is 14.2. The van der Waals surface area contributed by atoms with Crippen LogP contribution in [0.25, 0.3) is 0 Å². The molecule has 3 rings (SSSR count). The van der Waals surface area contributed by atoms with Gasteiger partial charge in [-0.3, -0.25) is 4.79 Å². The number of aromatic nitrogens is 1. The van der Waals surface area contributed by atoms with E-state index in [1.54, 1.807) is 0 Å². The molecule has 0 atom stereocenters. The summed E-state index contributed by atoms with van der Waals surface area (Å²) in [5.41, 5.74) is 0. The van der Waals surface area contributed by atoms with Gasteiger partial charge in [0.25, 0.3) is 0 Å². The van der Waals surface area contributed by atoms with E-state index in [1.165, 1.54) is 13.5 Å². The second kappa shape index (κ2) is 6.33. The molecule has 2 heterocycles. The van der Waals surface area contributed by atoms with E-state index in [2.05, 4.69) is 9.88 Å². The number of anilines is 1. The fraction of sp³-hybridized carbons (Fsp3) is 0.625. The maximum atomic E-state index is 11.5. The van der Waals surface area contributed by atoms with Crippen LogP contribution in [0.4, 0.5) is 5.82 Å². The molecule has 1 saturated heterocycles. The van der Waals surface area contributed by atoms with Crippen LogP contribution in [-0.4, -0.2) is 37.3 Å². The van der Waals surface area contributed by atoms with Crippen LogP contribution in [0.5, 0.6) is 5.88 Å². The quantitative estimate of drug-likeness (QED) is 0.797. The Morgan fingerprint density at radius 1 is 1.24 bits per heavy atom. The summed E-state index contributed by atoms with van der Waals surface area (Å²) in [6.45, 7) is 2.17.